The molecule has 24 heavy (non-hydrogen) atoms. The number of benzene rings is 2. The van der Waals surface area contributed by atoms with Gasteiger partial charge in [-0.25, -0.2) is 0 Å². The lowest BCUT2D eigenvalue weighted by atomic mass is 9.52. The second kappa shape index (κ2) is 7.42. The monoisotopic (exact) mass is 360 g/mol. The van der Waals surface area contributed by atoms with Crippen LogP contribution in [0.3, 0.4) is 0 Å². The first-order valence-electron chi connectivity index (χ1n) is 7.60. The van der Waals surface area contributed by atoms with Gasteiger partial charge in [-0.2, -0.15) is 0 Å². The Morgan fingerprint density at radius 1 is 0.667 bits per heavy atom. The molecule has 2 aromatic carbocycles. The quantitative estimate of drug-likeness (QED) is 0.784. The zero-order valence-electron chi connectivity index (χ0n) is 12.9. The van der Waals surface area contributed by atoms with Crippen molar-refractivity contribution in [2.24, 2.45) is 11.8 Å². The molecule has 0 spiro atoms. The van der Waals surface area contributed by atoms with E-state index in [-0.39, 0.29) is 11.8 Å². The minimum Gasteiger partial charge on any atom is -0.451 e. The molecule has 2 aromatic rings. The van der Waals surface area contributed by atoms with Crippen molar-refractivity contribution >= 4 is 30.9 Å². The molecule has 4 nitrogen and oxygen atoms in total. The lowest BCUT2D eigenvalue weighted by molar-refractivity contribution is -0.159. The Morgan fingerprint density at radius 3 is 1.29 bits per heavy atom. The van der Waals surface area contributed by atoms with E-state index in [9.17, 15) is 9.59 Å². The maximum absolute atomic E-state index is 12.3. The van der Waals surface area contributed by atoms with Gasteiger partial charge in [0.2, 0.25) is 0 Å². The molecule has 0 amide bonds. The summed E-state index contributed by atoms with van der Waals surface area (Å²) in [5.74, 6) is -2.22. The molecule has 6 atom stereocenters. The molecule has 0 N–H and O–H groups in total. The third-order valence-corrected chi connectivity index (χ3v) is 5.16. The minimum absolute atomic E-state index is 0.129. The molecular formula is C18H18O4P2. The van der Waals surface area contributed by atoms with Crippen LogP contribution in [0.4, 0.5) is 0 Å². The topological polar surface area (TPSA) is 52.6 Å². The van der Waals surface area contributed by atoms with Crippen molar-refractivity contribution < 1.29 is 18.6 Å². The summed E-state index contributed by atoms with van der Waals surface area (Å²) in [6.45, 7) is 0. The van der Waals surface area contributed by atoms with Crippen molar-refractivity contribution in [2.45, 2.75) is 11.8 Å². The molecule has 1 fully saturated rings. The molecule has 0 radical (unpaired) electrons. The normalized spacial score (nSPS) is 25.4. The lowest BCUT2D eigenvalue weighted by Crippen LogP contribution is -2.51. The Hall–Kier alpha value is -1.76. The van der Waals surface area contributed by atoms with E-state index in [4.69, 9.17) is 9.05 Å². The van der Waals surface area contributed by atoms with Gasteiger partial charge in [0, 0.05) is 11.8 Å². The average molecular weight is 360 g/mol. The summed E-state index contributed by atoms with van der Waals surface area (Å²) < 4.78 is 9.76. The van der Waals surface area contributed by atoms with Crippen molar-refractivity contribution in [2.75, 3.05) is 0 Å². The maximum atomic E-state index is 12.3. The minimum atomic E-state index is -0.567. The molecule has 0 saturated heterocycles. The highest BCUT2D eigenvalue weighted by Crippen LogP contribution is 2.58. The number of hydrogen-bond donors (Lipinski definition) is 0. The van der Waals surface area contributed by atoms with E-state index in [0.717, 1.165) is 11.1 Å². The molecule has 6 heteroatoms. The van der Waals surface area contributed by atoms with Gasteiger partial charge in [0.05, 0.1) is 30.8 Å². The Labute approximate surface area is 145 Å². The standard InChI is InChI=1S/C18H18O4P2/c19-17(21-23)15-13(11-7-3-1-4-8-11)14(16(15)18(20)22-24)12-9-5-2-6-10-12/h1-10,13-16H,23-24H2. The van der Waals surface area contributed by atoms with Gasteiger partial charge >= 0.3 is 11.9 Å². The van der Waals surface area contributed by atoms with E-state index in [1.807, 2.05) is 79.6 Å². The van der Waals surface area contributed by atoms with Gasteiger partial charge in [-0.05, 0) is 11.1 Å². The first kappa shape index (κ1) is 17.1. The average Bonchev–Trinajstić information content (AvgIpc) is 2.62. The summed E-state index contributed by atoms with van der Waals surface area (Å²) in [7, 11) is 3.95. The summed E-state index contributed by atoms with van der Waals surface area (Å²) in [6.07, 6.45) is 0. The van der Waals surface area contributed by atoms with E-state index >= 15 is 0 Å². The molecule has 0 aliphatic heterocycles. The zero-order chi connectivity index (χ0) is 17.1. The predicted molar refractivity (Wildman–Crippen MR) is 97.0 cm³/mol. The Morgan fingerprint density at radius 2 is 1.00 bits per heavy atom. The summed E-state index contributed by atoms with van der Waals surface area (Å²) >= 11 is 0. The van der Waals surface area contributed by atoms with Crippen molar-refractivity contribution in [3.8, 4) is 0 Å². The van der Waals surface area contributed by atoms with Crippen molar-refractivity contribution in [1.82, 2.24) is 0 Å². The van der Waals surface area contributed by atoms with E-state index in [2.05, 4.69) is 0 Å². The lowest BCUT2D eigenvalue weighted by Gasteiger charge is -2.49. The van der Waals surface area contributed by atoms with Crippen LogP contribution in [-0.2, 0) is 18.6 Å². The van der Waals surface area contributed by atoms with Crippen LogP contribution in [0.25, 0.3) is 0 Å². The van der Waals surface area contributed by atoms with Crippen LogP contribution in [0.1, 0.15) is 23.0 Å². The Bertz CT molecular complexity index is 657. The second-order valence-electron chi connectivity index (χ2n) is 5.80. The van der Waals surface area contributed by atoms with Gasteiger partial charge in [0.1, 0.15) is 0 Å². The molecule has 1 saturated carbocycles. The van der Waals surface area contributed by atoms with Crippen LogP contribution in [0.5, 0.6) is 0 Å². The van der Waals surface area contributed by atoms with E-state index in [1.54, 1.807) is 0 Å². The van der Waals surface area contributed by atoms with Gasteiger partial charge in [-0.3, -0.25) is 9.59 Å². The molecule has 124 valence electrons. The van der Waals surface area contributed by atoms with Gasteiger partial charge < -0.3 is 9.05 Å². The summed E-state index contributed by atoms with van der Waals surface area (Å²) in [5.41, 5.74) is 2.03. The molecule has 0 heterocycles. The largest absolute Gasteiger partial charge is 0.451 e. The van der Waals surface area contributed by atoms with Crippen LogP contribution >= 0.6 is 18.9 Å². The van der Waals surface area contributed by atoms with E-state index in [1.165, 1.54) is 0 Å². The SMILES string of the molecule is O=C(OP)C1C(C(=O)OP)C(c2ccccc2)C1c1ccccc1. The summed E-state index contributed by atoms with van der Waals surface area (Å²) in [4.78, 5) is 24.7. The summed E-state index contributed by atoms with van der Waals surface area (Å²) in [6, 6.07) is 19.5. The van der Waals surface area contributed by atoms with Gasteiger partial charge in [-0.1, -0.05) is 60.7 Å². The van der Waals surface area contributed by atoms with Crippen LogP contribution < -0.4 is 0 Å². The highest BCUT2D eigenvalue weighted by Gasteiger charge is 2.59. The molecule has 0 aromatic heterocycles. The van der Waals surface area contributed by atoms with Crippen LogP contribution in [0.15, 0.2) is 60.7 Å². The second-order valence-corrected chi connectivity index (χ2v) is 6.27. The first-order valence-corrected chi connectivity index (χ1v) is 8.54. The van der Waals surface area contributed by atoms with Crippen LogP contribution in [0, 0.1) is 11.8 Å². The number of carbonyl (C=O) groups excluding carboxylic acids is 2. The van der Waals surface area contributed by atoms with Crippen molar-refractivity contribution in [1.29, 1.82) is 0 Å². The third-order valence-electron chi connectivity index (χ3n) is 4.69. The van der Waals surface area contributed by atoms with Crippen molar-refractivity contribution in [3.63, 3.8) is 0 Å². The smallest absolute Gasteiger partial charge is 0.312 e. The fourth-order valence-corrected chi connectivity index (χ4v) is 3.99. The summed E-state index contributed by atoms with van der Waals surface area (Å²) in [5, 5.41) is 0. The van der Waals surface area contributed by atoms with E-state index < -0.39 is 23.8 Å². The Kier molecular flexibility index (Phi) is 5.28. The Balaban J connectivity index is 2.07. The molecule has 6 unspecified atom stereocenters. The van der Waals surface area contributed by atoms with Crippen LogP contribution in [0.2, 0.25) is 0 Å². The highest BCUT2D eigenvalue weighted by atomic mass is 31.0. The van der Waals surface area contributed by atoms with Crippen molar-refractivity contribution in [3.05, 3.63) is 71.8 Å². The van der Waals surface area contributed by atoms with Gasteiger partial charge in [0.15, 0.2) is 0 Å². The van der Waals surface area contributed by atoms with Gasteiger partial charge in [0.25, 0.3) is 0 Å². The van der Waals surface area contributed by atoms with E-state index in [0.29, 0.717) is 0 Å². The fraction of sp³-hybridized carbons (Fsp3) is 0.222. The maximum Gasteiger partial charge on any atom is 0.312 e. The number of hydrogen-bond acceptors (Lipinski definition) is 4. The van der Waals surface area contributed by atoms with Crippen LogP contribution in [-0.4, -0.2) is 11.9 Å². The molecular weight excluding hydrogens is 342 g/mol. The predicted octanol–water partition coefficient (Wildman–Crippen LogP) is 3.47. The third kappa shape index (κ3) is 2.97. The zero-order valence-corrected chi connectivity index (χ0v) is 15.2. The molecule has 0 bridgehead atoms. The molecule has 3 rings (SSSR count). The fourth-order valence-electron chi connectivity index (χ4n) is 3.67. The highest BCUT2D eigenvalue weighted by molar-refractivity contribution is 7.11. The number of rotatable bonds is 4. The van der Waals surface area contributed by atoms with Gasteiger partial charge in [-0.15, -0.1) is 0 Å². The number of carbonyl (C=O) groups is 2. The molecule has 1 aliphatic carbocycles. The molecule has 1 aliphatic rings. The first-order chi connectivity index (χ1) is 11.7.